The van der Waals surface area contributed by atoms with Crippen LogP contribution in [0.3, 0.4) is 0 Å². The Balaban J connectivity index is 2.31. The van der Waals surface area contributed by atoms with Gasteiger partial charge in [0.05, 0.1) is 19.9 Å². The summed E-state index contributed by atoms with van der Waals surface area (Å²) in [5, 5.41) is 12.8. The first-order chi connectivity index (χ1) is 9.12. The third-order valence-corrected chi connectivity index (χ3v) is 2.49. The molecule has 0 saturated heterocycles. The number of nitrogens with one attached hydrogen (secondary N) is 1. The van der Waals surface area contributed by atoms with E-state index in [0.29, 0.717) is 17.4 Å². The first-order valence-electron chi connectivity index (χ1n) is 5.66. The standard InChI is InChI=1S/C13H15N3O3/c1-8-4-5-9(10(17)6-8)14-11-7-12(18-2)16-13(15-11)19-3/h4-7,17H,1-3H3,(H,14,15,16). The molecule has 0 saturated carbocycles. The molecule has 100 valence electrons. The number of hydrogen-bond donors (Lipinski definition) is 2. The highest BCUT2D eigenvalue weighted by atomic mass is 16.5. The summed E-state index contributed by atoms with van der Waals surface area (Å²) in [5.41, 5.74) is 1.52. The van der Waals surface area contributed by atoms with Crippen molar-refractivity contribution in [3.8, 4) is 17.6 Å². The molecule has 0 unspecified atom stereocenters. The molecule has 0 spiro atoms. The lowest BCUT2D eigenvalue weighted by atomic mass is 10.2. The lowest BCUT2D eigenvalue weighted by Crippen LogP contribution is -2.00. The third kappa shape index (κ3) is 3.04. The van der Waals surface area contributed by atoms with Crippen LogP contribution < -0.4 is 14.8 Å². The van der Waals surface area contributed by atoms with E-state index in [9.17, 15) is 5.11 Å². The van der Waals surface area contributed by atoms with Gasteiger partial charge in [0.15, 0.2) is 0 Å². The van der Waals surface area contributed by atoms with Crippen molar-refractivity contribution in [2.45, 2.75) is 6.92 Å². The Labute approximate surface area is 111 Å². The molecule has 1 aromatic heterocycles. The predicted octanol–water partition coefficient (Wildman–Crippen LogP) is 2.25. The lowest BCUT2D eigenvalue weighted by molar-refractivity contribution is 0.353. The summed E-state index contributed by atoms with van der Waals surface area (Å²) in [6, 6.07) is 7.12. The molecule has 2 aromatic rings. The third-order valence-electron chi connectivity index (χ3n) is 2.49. The van der Waals surface area contributed by atoms with Crippen LogP contribution in [0.15, 0.2) is 24.3 Å². The van der Waals surface area contributed by atoms with E-state index in [-0.39, 0.29) is 11.8 Å². The molecule has 6 heteroatoms. The highest BCUT2D eigenvalue weighted by Crippen LogP contribution is 2.28. The van der Waals surface area contributed by atoms with Gasteiger partial charge in [0, 0.05) is 6.07 Å². The number of rotatable bonds is 4. The molecule has 0 aliphatic rings. The van der Waals surface area contributed by atoms with Gasteiger partial charge in [-0.25, -0.2) is 0 Å². The van der Waals surface area contributed by atoms with Gasteiger partial charge in [-0.2, -0.15) is 9.97 Å². The largest absolute Gasteiger partial charge is 0.506 e. The zero-order chi connectivity index (χ0) is 13.8. The van der Waals surface area contributed by atoms with E-state index in [0.717, 1.165) is 5.56 Å². The number of anilines is 2. The number of benzene rings is 1. The monoisotopic (exact) mass is 261 g/mol. The number of aryl methyl sites for hydroxylation is 1. The zero-order valence-electron chi connectivity index (χ0n) is 11.0. The molecule has 2 rings (SSSR count). The zero-order valence-corrected chi connectivity index (χ0v) is 11.0. The molecule has 0 bridgehead atoms. The number of aromatic hydroxyl groups is 1. The number of methoxy groups -OCH3 is 2. The maximum Gasteiger partial charge on any atom is 0.321 e. The fraction of sp³-hybridized carbons (Fsp3) is 0.231. The minimum atomic E-state index is 0.150. The summed E-state index contributed by atoms with van der Waals surface area (Å²) in [6.07, 6.45) is 0. The van der Waals surface area contributed by atoms with Crippen molar-refractivity contribution in [3.05, 3.63) is 29.8 Å². The SMILES string of the molecule is COc1cc(Nc2ccc(C)cc2O)nc(OC)n1. The second-order valence-electron chi connectivity index (χ2n) is 3.93. The molecule has 2 N–H and O–H groups in total. The summed E-state index contributed by atoms with van der Waals surface area (Å²) in [5.74, 6) is 1.00. The summed E-state index contributed by atoms with van der Waals surface area (Å²) in [7, 11) is 2.98. The van der Waals surface area contributed by atoms with Crippen molar-refractivity contribution < 1.29 is 14.6 Å². The van der Waals surface area contributed by atoms with Gasteiger partial charge >= 0.3 is 6.01 Å². The van der Waals surface area contributed by atoms with Crippen molar-refractivity contribution in [2.75, 3.05) is 19.5 Å². The van der Waals surface area contributed by atoms with Crippen LogP contribution in [-0.2, 0) is 0 Å². The molecule has 1 heterocycles. The highest BCUT2D eigenvalue weighted by Gasteiger charge is 2.07. The molecule has 0 aliphatic carbocycles. The molecule has 19 heavy (non-hydrogen) atoms. The molecule has 0 radical (unpaired) electrons. The van der Waals surface area contributed by atoms with Crippen molar-refractivity contribution in [1.82, 2.24) is 9.97 Å². The van der Waals surface area contributed by atoms with E-state index in [4.69, 9.17) is 9.47 Å². The van der Waals surface area contributed by atoms with Crippen LogP contribution in [0.1, 0.15) is 5.56 Å². The normalized spacial score (nSPS) is 10.1. The van der Waals surface area contributed by atoms with Crippen molar-refractivity contribution >= 4 is 11.5 Å². The Morgan fingerprint density at radius 1 is 1.11 bits per heavy atom. The van der Waals surface area contributed by atoms with E-state index in [2.05, 4.69) is 15.3 Å². The number of phenolic OH excluding ortho intramolecular Hbond substituents is 1. The van der Waals surface area contributed by atoms with Gasteiger partial charge in [0.2, 0.25) is 5.88 Å². The number of hydrogen-bond acceptors (Lipinski definition) is 6. The minimum absolute atomic E-state index is 0.150. The topological polar surface area (TPSA) is 76.5 Å². The first kappa shape index (κ1) is 12.9. The van der Waals surface area contributed by atoms with Gasteiger partial charge in [-0.3, -0.25) is 0 Å². The first-order valence-corrected chi connectivity index (χ1v) is 5.66. The number of phenols is 1. The summed E-state index contributed by atoms with van der Waals surface area (Å²) in [6.45, 7) is 1.90. The maximum absolute atomic E-state index is 9.84. The van der Waals surface area contributed by atoms with E-state index in [1.165, 1.54) is 14.2 Å². The van der Waals surface area contributed by atoms with Crippen LogP contribution in [0.4, 0.5) is 11.5 Å². The second kappa shape index (κ2) is 5.43. The van der Waals surface area contributed by atoms with Crippen LogP contribution in [0.25, 0.3) is 0 Å². The molecule has 1 aromatic carbocycles. The Bertz CT molecular complexity index is 565. The van der Waals surface area contributed by atoms with Crippen LogP contribution >= 0.6 is 0 Å². The summed E-state index contributed by atoms with van der Waals surface area (Å²) >= 11 is 0. The highest BCUT2D eigenvalue weighted by molar-refractivity contribution is 5.64. The average molecular weight is 261 g/mol. The van der Waals surface area contributed by atoms with Gasteiger partial charge in [-0.1, -0.05) is 6.07 Å². The van der Waals surface area contributed by atoms with Crippen LogP contribution in [0.5, 0.6) is 17.6 Å². The van der Waals surface area contributed by atoms with E-state index < -0.39 is 0 Å². The van der Waals surface area contributed by atoms with E-state index in [1.54, 1.807) is 18.2 Å². The van der Waals surface area contributed by atoms with Crippen molar-refractivity contribution in [3.63, 3.8) is 0 Å². The van der Waals surface area contributed by atoms with Gasteiger partial charge in [-0.15, -0.1) is 0 Å². The Morgan fingerprint density at radius 3 is 2.53 bits per heavy atom. The van der Waals surface area contributed by atoms with Crippen LogP contribution in [0.2, 0.25) is 0 Å². The van der Waals surface area contributed by atoms with Gasteiger partial charge in [0.25, 0.3) is 0 Å². The quantitative estimate of drug-likeness (QED) is 0.822. The lowest BCUT2D eigenvalue weighted by Gasteiger charge is -2.10. The molecule has 0 aliphatic heterocycles. The fourth-order valence-electron chi connectivity index (χ4n) is 1.55. The fourth-order valence-corrected chi connectivity index (χ4v) is 1.55. The number of ether oxygens (including phenoxy) is 2. The van der Waals surface area contributed by atoms with Gasteiger partial charge < -0.3 is 19.9 Å². The van der Waals surface area contributed by atoms with E-state index in [1.807, 2.05) is 13.0 Å². The summed E-state index contributed by atoms with van der Waals surface area (Å²) in [4.78, 5) is 8.11. The Hall–Kier alpha value is -2.50. The van der Waals surface area contributed by atoms with Gasteiger partial charge in [0.1, 0.15) is 11.6 Å². The van der Waals surface area contributed by atoms with E-state index >= 15 is 0 Å². The Kier molecular flexibility index (Phi) is 3.70. The average Bonchev–Trinajstić information content (AvgIpc) is 2.41. The summed E-state index contributed by atoms with van der Waals surface area (Å²) < 4.78 is 10.0. The molecule has 0 atom stereocenters. The van der Waals surface area contributed by atoms with Crippen LogP contribution in [0, 0.1) is 6.92 Å². The second-order valence-corrected chi connectivity index (χ2v) is 3.93. The molecular weight excluding hydrogens is 246 g/mol. The van der Waals surface area contributed by atoms with Gasteiger partial charge in [-0.05, 0) is 24.6 Å². The molecular formula is C13H15N3O3. The molecule has 0 amide bonds. The number of aromatic nitrogens is 2. The predicted molar refractivity (Wildman–Crippen MR) is 71.3 cm³/mol. The molecule has 6 nitrogen and oxygen atoms in total. The number of nitrogens with zero attached hydrogens (tertiary/aromatic N) is 2. The van der Waals surface area contributed by atoms with Crippen molar-refractivity contribution in [2.24, 2.45) is 0 Å². The smallest absolute Gasteiger partial charge is 0.321 e. The van der Waals surface area contributed by atoms with Crippen molar-refractivity contribution in [1.29, 1.82) is 0 Å². The van der Waals surface area contributed by atoms with Crippen LogP contribution in [-0.4, -0.2) is 29.3 Å². The molecule has 0 fully saturated rings. The maximum atomic E-state index is 9.84. The Morgan fingerprint density at radius 2 is 1.89 bits per heavy atom. The minimum Gasteiger partial charge on any atom is -0.506 e.